The normalized spacial score (nSPS) is 11.5. The zero-order valence-corrected chi connectivity index (χ0v) is 20.9. The Morgan fingerprint density at radius 2 is 1.87 bits per heavy atom. The number of thiazole rings is 1. The van der Waals surface area contributed by atoms with E-state index < -0.39 is 9.84 Å². The lowest BCUT2D eigenvalue weighted by Gasteiger charge is -2.21. The second kappa shape index (κ2) is 10.2. The van der Waals surface area contributed by atoms with Crippen LogP contribution in [0, 0.1) is 0 Å². The number of halogens is 2. The molecule has 3 rings (SSSR count). The maximum atomic E-state index is 13.3. The van der Waals surface area contributed by atoms with E-state index in [1.54, 1.807) is 17.0 Å². The number of carbonyl (C=O) groups excluding carboxylic acids is 1. The number of carbonyl (C=O) groups is 1. The van der Waals surface area contributed by atoms with Gasteiger partial charge in [0.15, 0.2) is 15.0 Å². The van der Waals surface area contributed by atoms with Crippen LogP contribution in [0.4, 0.5) is 5.13 Å². The Labute approximate surface area is 195 Å². The number of aromatic nitrogens is 1. The summed E-state index contributed by atoms with van der Waals surface area (Å²) in [7, 11) is 0.568. The molecule has 0 saturated heterocycles. The fourth-order valence-electron chi connectivity index (χ4n) is 2.85. The van der Waals surface area contributed by atoms with Crippen LogP contribution in [0.3, 0.4) is 0 Å². The fraction of sp³-hybridized carbons (Fsp3) is 0.300. The van der Waals surface area contributed by atoms with Crippen molar-refractivity contribution < 1.29 is 13.2 Å². The summed E-state index contributed by atoms with van der Waals surface area (Å²) in [6, 6.07) is 12.0. The van der Waals surface area contributed by atoms with Gasteiger partial charge in [-0.1, -0.05) is 33.3 Å². The van der Waals surface area contributed by atoms with Crippen molar-refractivity contribution in [2.75, 3.05) is 38.3 Å². The molecule has 0 radical (unpaired) electrons. The average molecular weight is 533 g/mol. The molecule has 0 aliphatic carbocycles. The Morgan fingerprint density at radius 3 is 2.53 bits per heavy atom. The van der Waals surface area contributed by atoms with Gasteiger partial charge in [0.25, 0.3) is 5.91 Å². The predicted molar refractivity (Wildman–Crippen MR) is 129 cm³/mol. The van der Waals surface area contributed by atoms with Gasteiger partial charge >= 0.3 is 0 Å². The lowest BCUT2D eigenvalue weighted by atomic mass is 10.2. The molecule has 2 aromatic carbocycles. The van der Waals surface area contributed by atoms with Gasteiger partial charge in [-0.25, -0.2) is 13.4 Å². The van der Waals surface area contributed by atoms with E-state index in [9.17, 15) is 13.2 Å². The largest absolute Gasteiger partial charge is 0.309 e. The van der Waals surface area contributed by atoms with Crippen LogP contribution in [0.2, 0.25) is 0 Å². The minimum Gasteiger partial charge on any atom is -0.309 e. The van der Waals surface area contributed by atoms with Gasteiger partial charge in [0.1, 0.15) is 0 Å². The first kappa shape index (κ1) is 24.7. The minimum atomic E-state index is -3.40. The summed E-state index contributed by atoms with van der Waals surface area (Å²) >= 11 is 4.91. The van der Waals surface area contributed by atoms with Crippen LogP contribution in [0.25, 0.3) is 10.2 Å². The SMILES string of the molecule is CN(C)CCCN(C(=O)c1cccc(S(C)(=O)=O)c1)c1nc2ccc(Br)cc2s1.Cl. The zero-order valence-electron chi connectivity index (χ0n) is 16.8. The van der Waals surface area contributed by atoms with Crippen LogP contribution >= 0.6 is 39.7 Å². The summed E-state index contributed by atoms with van der Waals surface area (Å²) in [6.45, 7) is 1.31. The van der Waals surface area contributed by atoms with E-state index in [4.69, 9.17) is 0 Å². The summed E-state index contributed by atoms with van der Waals surface area (Å²) in [6.07, 6.45) is 1.90. The Hall–Kier alpha value is -1.52. The van der Waals surface area contributed by atoms with Gasteiger partial charge in [-0.15, -0.1) is 12.4 Å². The number of hydrogen-bond donors (Lipinski definition) is 0. The molecule has 10 heteroatoms. The molecule has 0 saturated carbocycles. The molecule has 1 aromatic heterocycles. The van der Waals surface area contributed by atoms with E-state index in [1.807, 2.05) is 32.3 Å². The highest BCUT2D eigenvalue weighted by molar-refractivity contribution is 9.10. The summed E-state index contributed by atoms with van der Waals surface area (Å²) < 4.78 is 25.7. The summed E-state index contributed by atoms with van der Waals surface area (Å²) in [5.41, 5.74) is 1.15. The van der Waals surface area contributed by atoms with Gasteiger partial charge in [-0.3, -0.25) is 9.69 Å². The molecular formula is C20H23BrClN3O3S2. The van der Waals surface area contributed by atoms with E-state index in [1.165, 1.54) is 23.5 Å². The molecule has 1 heterocycles. The number of benzene rings is 2. The van der Waals surface area contributed by atoms with Gasteiger partial charge in [0.2, 0.25) is 0 Å². The molecule has 0 fully saturated rings. The molecule has 0 aliphatic rings. The number of hydrogen-bond acceptors (Lipinski definition) is 6. The van der Waals surface area contributed by atoms with Crippen LogP contribution in [0.5, 0.6) is 0 Å². The number of rotatable bonds is 7. The third kappa shape index (κ3) is 6.01. The Kier molecular flexibility index (Phi) is 8.41. The molecule has 162 valence electrons. The van der Waals surface area contributed by atoms with Crippen molar-refractivity contribution in [1.29, 1.82) is 0 Å². The van der Waals surface area contributed by atoms with Crippen LogP contribution in [-0.4, -0.2) is 57.6 Å². The molecule has 0 spiro atoms. The topological polar surface area (TPSA) is 70.6 Å². The molecule has 0 N–H and O–H groups in total. The van der Waals surface area contributed by atoms with E-state index in [0.717, 1.165) is 33.9 Å². The zero-order chi connectivity index (χ0) is 21.2. The second-order valence-corrected chi connectivity index (χ2v) is 11.0. The third-order valence-corrected chi connectivity index (χ3v) is 6.96. The van der Waals surface area contributed by atoms with E-state index >= 15 is 0 Å². The van der Waals surface area contributed by atoms with Crippen molar-refractivity contribution >= 4 is 70.8 Å². The monoisotopic (exact) mass is 531 g/mol. The molecule has 0 aliphatic heterocycles. The van der Waals surface area contributed by atoms with Crippen molar-refractivity contribution in [1.82, 2.24) is 9.88 Å². The van der Waals surface area contributed by atoms with Gasteiger partial charge in [0, 0.05) is 22.8 Å². The first-order valence-electron chi connectivity index (χ1n) is 8.98. The standard InChI is InChI=1S/C20H22BrN3O3S2.ClH/c1-23(2)10-5-11-24(20-22-17-9-8-15(21)13-18(17)28-20)19(25)14-6-4-7-16(12-14)29(3,26)27;/h4,6-9,12-13H,5,10-11H2,1-3H3;1H. The molecular weight excluding hydrogens is 510 g/mol. The highest BCUT2D eigenvalue weighted by Gasteiger charge is 2.22. The van der Waals surface area contributed by atoms with Crippen LogP contribution in [-0.2, 0) is 9.84 Å². The number of sulfone groups is 1. The minimum absolute atomic E-state index is 0. The van der Waals surface area contributed by atoms with E-state index in [0.29, 0.717) is 17.2 Å². The number of fused-ring (bicyclic) bond motifs is 1. The average Bonchev–Trinajstić information content (AvgIpc) is 3.06. The lowest BCUT2D eigenvalue weighted by Crippen LogP contribution is -2.33. The molecule has 0 atom stereocenters. The van der Waals surface area contributed by atoms with Gasteiger partial charge in [0.05, 0.1) is 15.1 Å². The Balaban J connectivity index is 0.00000320. The summed E-state index contributed by atoms with van der Waals surface area (Å²) in [5.74, 6) is -0.257. The first-order chi connectivity index (χ1) is 13.6. The number of amides is 1. The van der Waals surface area contributed by atoms with E-state index in [-0.39, 0.29) is 23.2 Å². The van der Waals surface area contributed by atoms with Crippen molar-refractivity contribution in [3.63, 3.8) is 0 Å². The molecule has 0 unspecified atom stereocenters. The van der Waals surface area contributed by atoms with Crippen molar-refractivity contribution in [2.45, 2.75) is 11.3 Å². The van der Waals surface area contributed by atoms with Crippen LogP contribution in [0.15, 0.2) is 51.8 Å². The molecule has 0 bridgehead atoms. The summed E-state index contributed by atoms with van der Waals surface area (Å²) in [4.78, 5) is 21.8. The Morgan fingerprint density at radius 1 is 1.13 bits per heavy atom. The Bertz CT molecular complexity index is 1150. The number of nitrogens with zero attached hydrogens (tertiary/aromatic N) is 3. The quantitative estimate of drug-likeness (QED) is 0.449. The van der Waals surface area contributed by atoms with Crippen molar-refractivity contribution in [3.8, 4) is 0 Å². The molecule has 30 heavy (non-hydrogen) atoms. The molecule has 3 aromatic rings. The van der Waals surface area contributed by atoms with E-state index in [2.05, 4.69) is 25.8 Å². The highest BCUT2D eigenvalue weighted by atomic mass is 79.9. The van der Waals surface area contributed by atoms with Crippen molar-refractivity contribution in [2.24, 2.45) is 0 Å². The van der Waals surface area contributed by atoms with Gasteiger partial charge in [-0.05, 0) is 63.5 Å². The molecule has 1 amide bonds. The van der Waals surface area contributed by atoms with Crippen molar-refractivity contribution in [3.05, 3.63) is 52.5 Å². The smallest absolute Gasteiger partial charge is 0.260 e. The maximum absolute atomic E-state index is 13.3. The van der Waals surface area contributed by atoms with Gasteiger partial charge in [-0.2, -0.15) is 0 Å². The predicted octanol–water partition coefficient (Wildman–Crippen LogP) is 4.48. The third-order valence-electron chi connectivity index (χ3n) is 4.31. The maximum Gasteiger partial charge on any atom is 0.260 e. The van der Waals surface area contributed by atoms with Gasteiger partial charge < -0.3 is 4.90 Å². The summed E-state index contributed by atoms with van der Waals surface area (Å²) in [5, 5.41) is 0.603. The second-order valence-electron chi connectivity index (χ2n) is 7.02. The van der Waals surface area contributed by atoms with Crippen LogP contribution in [0.1, 0.15) is 16.8 Å². The fourth-order valence-corrected chi connectivity index (χ4v) is 5.06. The van der Waals surface area contributed by atoms with Crippen LogP contribution < -0.4 is 4.90 Å². The molecule has 6 nitrogen and oxygen atoms in total. The highest BCUT2D eigenvalue weighted by Crippen LogP contribution is 2.32. The lowest BCUT2D eigenvalue weighted by molar-refractivity contribution is 0.0986. The first-order valence-corrected chi connectivity index (χ1v) is 12.5. The number of anilines is 1.